The Bertz CT molecular complexity index is 262. The van der Waals surface area contributed by atoms with E-state index >= 15 is 0 Å². The van der Waals surface area contributed by atoms with Crippen LogP contribution in [-0.4, -0.2) is 26.4 Å². The summed E-state index contributed by atoms with van der Waals surface area (Å²) in [5.41, 5.74) is 0. The monoisotopic (exact) mass is 219 g/mol. The molecule has 0 atom stereocenters. The van der Waals surface area contributed by atoms with Gasteiger partial charge in [-0.25, -0.2) is 0 Å². The molecular weight excluding hydrogens is 206 g/mol. The standard InChI is InChI=1S/C8H14ClN3S/c1-7-10-11-8(12(7)2)13-6-4-3-5-9/h3-6H2,1-2H3. The van der Waals surface area contributed by atoms with Gasteiger partial charge in [-0.15, -0.1) is 21.8 Å². The van der Waals surface area contributed by atoms with Crippen LogP contribution in [0.25, 0.3) is 0 Å². The minimum atomic E-state index is 0.748. The predicted octanol–water partition coefficient (Wildman–Crippen LogP) is 2.23. The number of hydrogen-bond acceptors (Lipinski definition) is 3. The molecule has 0 spiro atoms. The van der Waals surface area contributed by atoms with E-state index in [9.17, 15) is 0 Å². The van der Waals surface area contributed by atoms with Crippen LogP contribution in [0.4, 0.5) is 0 Å². The van der Waals surface area contributed by atoms with Crippen molar-refractivity contribution in [2.24, 2.45) is 7.05 Å². The van der Waals surface area contributed by atoms with Gasteiger partial charge in [0.25, 0.3) is 0 Å². The number of alkyl halides is 1. The van der Waals surface area contributed by atoms with Crippen molar-refractivity contribution in [3.8, 4) is 0 Å². The van der Waals surface area contributed by atoms with Crippen LogP contribution in [0.2, 0.25) is 0 Å². The van der Waals surface area contributed by atoms with E-state index < -0.39 is 0 Å². The lowest BCUT2D eigenvalue weighted by atomic mass is 10.4. The SMILES string of the molecule is Cc1nnc(SCCCCCl)n1C. The number of aryl methyl sites for hydroxylation is 1. The summed E-state index contributed by atoms with van der Waals surface area (Å²) in [6.07, 6.45) is 2.21. The van der Waals surface area contributed by atoms with Gasteiger partial charge in [0, 0.05) is 18.7 Å². The third kappa shape index (κ3) is 3.19. The molecule has 1 rings (SSSR count). The number of halogens is 1. The Hall–Kier alpha value is -0.220. The Balaban J connectivity index is 2.32. The molecule has 0 amide bonds. The summed E-state index contributed by atoms with van der Waals surface area (Å²) >= 11 is 7.31. The molecule has 0 saturated heterocycles. The number of thioether (sulfide) groups is 1. The molecule has 0 fully saturated rings. The van der Waals surface area contributed by atoms with Crippen molar-refractivity contribution in [3.05, 3.63) is 5.82 Å². The zero-order valence-corrected chi connectivity index (χ0v) is 9.53. The van der Waals surface area contributed by atoms with E-state index in [0.29, 0.717) is 0 Å². The lowest BCUT2D eigenvalue weighted by Crippen LogP contribution is -1.94. The number of nitrogens with zero attached hydrogens (tertiary/aromatic N) is 3. The van der Waals surface area contributed by atoms with E-state index in [1.807, 2.05) is 18.5 Å². The molecule has 0 aromatic carbocycles. The zero-order chi connectivity index (χ0) is 9.68. The molecule has 13 heavy (non-hydrogen) atoms. The first kappa shape index (κ1) is 10.9. The van der Waals surface area contributed by atoms with Crippen LogP contribution in [0.1, 0.15) is 18.7 Å². The summed E-state index contributed by atoms with van der Waals surface area (Å²) < 4.78 is 2.01. The highest BCUT2D eigenvalue weighted by molar-refractivity contribution is 7.99. The molecule has 1 aromatic rings. The third-order valence-electron chi connectivity index (χ3n) is 1.81. The summed E-state index contributed by atoms with van der Waals surface area (Å²) in [5.74, 6) is 2.77. The van der Waals surface area contributed by atoms with Crippen molar-refractivity contribution in [1.82, 2.24) is 14.8 Å². The molecule has 0 aliphatic heterocycles. The van der Waals surface area contributed by atoms with Crippen LogP contribution in [0, 0.1) is 6.92 Å². The normalized spacial score (nSPS) is 10.7. The summed E-state index contributed by atoms with van der Waals surface area (Å²) in [4.78, 5) is 0. The van der Waals surface area contributed by atoms with Crippen molar-refractivity contribution in [2.75, 3.05) is 11.6 Å². The van der Waals surface area contributed by atoms with Crippen LogP contribution in [0.15, 0.2) is 5.16 Å². The number of hydrogen-bond donors (Lipinski definition) is 0. The van der Waals surface area contributed by atoms with Gasteiger partial charge in [0.15, 0.2) is 5.16 Å². The van der Waals surface area contributed by atoms with Gasteiger partial charge in [-0.05, 0) is 19.8 Å². The number of aromatic nitrogens is 3. The maximum Gasteiger partial charge on any atom is 0.190 e. The van der Waals surface area contributed by atoms with Crippen molar-refractivity contribution >= 4 is 23.4 Å². The molecule has 0 N–H and O–H groups in total. The second kappa shape index (κ2) is 5.50. The maximum atomic E-state index is 5.58. The average Bonchev–Trinajstić information content (AvgIpc) is 2.43. The van der Waals surface area contributed by atoms with E-state index in [0.717, 1.165) is 35.5 Å². The molecule has 1 aromatic heterocycles. The lowest BCUT2D eigenvalue weighted by molar-refractivity contribution is 0.763. The van der Waals surface area contributed by atoms with Gasteiger partial charge in [0.1, 0.15) is 5.82 Å². The fraction of sp³-hybridized carbons (Fsp3) is 0.750. The molecule has 0 unspecified atom stereocenters. The first-order chi connectivity index (χ1) is 6.25. The molecule has 0 radical (unpaired) electrons. The lowest BCUT2D eigenvalue weighted by Gasteiger charge is -1.99. The summed E-state index contributed by atoms with van der Waals surface area (Å²) in [6.45, 7) is 1.95. The maximum absolute atomic E-state index is 5.58. The topological polar surface area (TPSA) is 30.7 Å². The molecule has 0 aliphatic rings. The Morgan fingerprint density at radius 1 is 1.38 bits per heavy atom. The molecule has 0 aliphatic carbocycles. The van der Waals surface area contributed by atoms with Crippen LogP contribution in [0.3, 0.4) is 0 Å². The Morgan fingerprint density at radius 2 is 2.15 bits per heavy atom. The Labute approximate surface area is 87.9 Å². The van der Waals surface area contributed by atoms with Crippen LogP contribution in [-0.2, 0) is 7.05 Å². The average molecular weight is 220 g/mol. The Kier molecular flexibility index (Phi) is 4.59. The quantitative estimate of drug-likeness (QED) is 0.432. The zero-order valence-electron chi connectivity index (χ0n) is 7.96. The van der Waals surface area contributed by atoms with Crippen molar-refractivity contribution in [1.29, 1.82) is 0 Å². The molecule has 0 saturated carbocycles. The number of unbranched alkanes of at least 4 members (excludes halogenated alkanes) is 1. The van der Waals surface area contributed by atoms with Crippen molar-refractivity contribution in [2.45, 2.75) is 24.9 Å². The van der Waals surface area contributed by atoms with Crippen LogP contribution >= 0.6 is 23.4 Å². The van der Waals surface area contributed by atoms with Gasteiger partial charge in [0.2, 0.25) is 0 Å². The van der Waals surface area contributed by atoms with E-state index in [1.165, 1.54) is 0 Å². The van der Waals surface area contributed by atoms with E-state index in [-0.39, 0.29) is 0 Å². The number of rotatable bonds is 5. The molecule has 1 heterocycles. The fourth-order valence-electron chi connectivity index (χ4n) is 0.873. The smallest absolute Gasteiger partial charge is 0.190 e. The molecule has 5 heteroatoms. The third-order valence-corrected chi connectivity index (χ3v) is 3.19. The summed E-state index contributed by atoms with van der Waals surface area (Å²) in [6, 6.07) is 0. The first-order valence-corrected chi connectivity index (χ1v) is 5.82. The van der Waals surface area contributed by atoms with E-state index in [4.69, 9.17) is 11.6 Å². The second-order valence-corrected chi connectivity index (χ2v) is 4.27. The molecule has 74 valence electrons. The summed E-state index contributed by atoms with van der Waals surface area (Å²) in [5, 5.41) is 9.03. The summed E-state index contributed by atoms with van der Waals surface area (Å²) in [7, 11) is 1.99. The highest BCUT2D eigenvalue weighted by atomic mass is 35.5. The van der Waals surface area contributed by atoms with Gasteiger partial charge in [-0.3, -0.25) is 0 Å². The fourth-order valence-corrected chi connectivity index (χ4v) is 2.02. The minimum Gasteiger partial charge on any atom is -0.309 e. The largest absolute Gasteiger partial charge is 0.309 e. The molecular formula is C8H14ClN3S. The highest BCUT2D eigenvalue weighted by Crippen LogP contribution is 2.16. The molecule has 3 nitrogen and oxygen atoms in total. The predicted molar refractivity (Wildman–Crippen MR) is 56.4 cm³/mol. The highest BCUT2D eigenvalue weighted by Gasteiger charge is 2.03. The van der Waals surface area contributed by atoms with Crippen LogP contribution in [0.5, 0.6) is 0 Å². The Morgan fingerprint density at radius 3 is 2.69 bits per heavy atom. The van der Waals surface area contributed by atoms with Crippen LogP contribution < -0.4 is 0 Å². The minimum absolute atomic E-state index is 0.748. The van der Waals surface area contributed by atoms with E-state index in [2.05, 4.69) is 10.2 Å². The second-order valence-electron chi connectivity index (χ2n) is 2.83. The van der Waals surface area contributed by atoms with Gasteiger partial charge in [-0.2, -0.15) is 0 Å². The van der Waals surface area contributed by atoms with Gasteiger partial charge in [-0.1, -0.05) is 11.8 Å². The van der Waals surface area contributed by atoms with Gasteiger partial charge >= 0.3 is 0 Å². The first-order valence-electron chi connectivity index (χ1n) is 4.30. The van der Waals surface area contributed by atoms with Gasteiger partial charge in [0.05, 0.1) is 0 Å². The van der Waals surface area contributed by atoms with Crippen molar-refractivity contribution in [3.63, 3.8) is 0 Å². The van der Waals surface area contributed by atoms with Crippen molar-refractivity contribution < 1.29 is 0 Å². The van der Waals surface area contributed by atoms with Gasteiger partial charge < -0.3 is 4.57 Å². The van der Waals surface area contributed by atoms with E-state index in [1.54, 1.807) is 11.8 Å². The molecule has 0 bridgehead atoms.